The van der Waals surface area contributed by atoms with Crippen LogP contribution < -0.4 is 0 Å². The van der Waals surface area contributed by atoms with Gasteiger partial charge in [-0.25, -0.2) is 0 Å². The lowest BCUT2D eigenvalue weighted by Gasteiger charge is -2.47. The first kappa shape index (κ1) is 40.8. The molecule has 0 spiro atoms. The third-order valence-corrected chi connectivity index (χ3v) is 9.95. The highest BCUT2D eigenvalue weighted by atomic mass is 16.7. The summed E-state index contributed by atoms with van der Waals surface area (Å²) in [5.41, 5.74) is -3.65. The van der Waals surface area contributed by atoms with Gasteiger partial charge >= 0.3 is 11.9 Å². The molecule has 2 aliphatic heterocycles. The van der Waals surface area contributed by atoms with Crippen molar-refractivity contribution in [1.29, 1.82) is 0 Å². The Morgan fingerprint density at radius 3 is 2.22 bits per heavy atom. The summed E-state index contributed by atoms with van der Waals surface area (Å²) >= 11 is 0. The van der Waals surface area contributed by atoms with Crippen molar-refractivity contribution in [3.05, 3.63) is 0 Å². The molecular weight excluding hydrogens is 600 g/mol. The van der Waals surface area contributed by atoms with Gasteiger partial charge < -0.3 is 49.4 Å². The lowest BCUT2D eigenvalue weighted by Crippen LogP contribution is -2.60. The summed E-state index contributed by atoms with van der Waals surface area (Å²) in [7, 11) is 5.39. The number of carbonyl (C=O) groups excluding carboxylic acids is 2. The molecule has 0 amide bonds. The van der Waals surface area contributed by atoms with E-state index in [1.807, 2.05) is 25.9 Å². The van der Waals surface area contributed by atoms with E-state index in [4.69, 9.17) is 18.9 Å². The zero-order chi connectivity index (χ0) is 35.5. The lowest BCUT2D eigenvalue weighted by atomic mass is 9.79. The number of esters is 2. The topological polar surface area (TPSA) is 179 Å². The van der Waals surface area contributed by atoms with Gasteiger partial charge in [0.05, 0.1) is 47.9 Å². The van der Waals surface area contributed by atoms with Gasteiger partial charge in [-0.2, -0.15) is 0 Å². The largest absolute Gasteiger partial charge is 0.459 e. The first-order chi connectivity index (χ1) is 21.1. The predicted octanol–water partition coefficient (Wildman–Crippen LogP) is 0.907. The molecule has 13 heteroatoms. The maximum atomic E-state index is 13.4. The first-order valence-electron chi connectivity index (χ1n) is 16.6. The Labute approximate surface area is 275 Å². The summed E-state index contributed by atoms with van der Waals surface area (Å²) in [5, 5.41) is 57.3. The van der Waals surface area contributed by atoms with Gasteiger partial charge in [-0.15, -0.1) is 0 Å². The van der Waals surface area contributed by atoms with E-state index in [1.165, 1.54) is 20.8 Å². The number of cyclic esters (lactones) is 1. The average Bonchev–Trinajstić information content (AvgIpc) is 2.95. The van der Waals surface area contributed by atoms with Crippen LogP contribution in [0.1, 0.15) is 81.6 Å². The monoisotopic (exact) mass is 662 g/mol. The number of nitrogens with zero attached hydrogens (tertiary/aromatic N) is 2. The molecule has 2 saturated heterocycles. The third kappa shape index (κ3) is 9.60. The fraction of sp³-hybridized carbons (Fsp3) is 0.939. The van der Waals surface area contributed by atoms with E-state index in [0.29, 0.717) is 6.42 Å². The number of β-amino-alcohol motifs (C(OH)–C–C–N with tert-alkyl or cyclic N) is 1. The van der Waals surface area contributed by atoms with Crippen molar-refractivity contribution < 1.29 is 54.1 Å². The SMILES string of the molecule is CC[C@H]1OC(=O)[C@H](C)[C@@H](O)[C@H](C)[C@@H](O[C@@H]2O[C@H](C)C[C@H](N(C)C)[C@H]2OC(=O)C(C)C)[C@](C)(O)C[C@@H](O)CN(C)[C@H](C)[C@@H](O)[C@]1(C)O. The molecule has 2 fully saturated rings. The van der Waals surface area contributed by atoms with Gasteiger partial charge in [0.15, 0.2) is 12.4 Å². The number of hydrogen-bond acceptors (Lipinski definition) is 13. The van der Waals surface area contributed by atoms with Crippen LogP contribution in [0, 0.1) is 17.8 Å². The Morgan fingerprint density at radius 2 is 1.70 bits per heavy atom. The number of rotatable bonds is 6. The molecule has 0 saturated carbocycles. The second kappa shape index (κ2) is 16.3. The molecule has 5 N–H and O–H groups in total. The van der Waals surface area contributed by atoms with Crippen molar-refractivity contribution in [2.45, 2.75) is 154 Å². The van der Waals surface area contributed by atoms with Gasteiger partial charge in [-0.3, -0.25) is 14.5 Å². The van der Waals surface area contributed by atoms with Crippen LogP contribution in [0.2, 0.25) is 0 Å². The molecule has 0 aliphatic carbocycles. The minimum absolute atomic E-state index is 0.00931. The fourth-order valence-electron chi connectivity index (χ4n) is 6.73. The predicted molar refractivity (Wildman–Crippen MR) is 170 cm³/mol. The number of likely N-dealkylation sites (N-methyl/N-ethyl adjacent to an activating group) is 2. The number of carbonyl (C=O) groups is 2. The lowest BCUT2D eigenvalue weighted by molar-refractivity contribution is -0.302. The van der Waals surface area contributed by atoms with Crippen LogP contribution in [0.25, 0.3) is 0 Å². The minimum atomic E-state index is -1.85. The van der Waals surface area contributed by atoms with Gasteiger partial charge in [-0.1, -0.05) is 27.7 Å². The van der Waals surface area contributed by atoms with Crippen molar-refractivity contribution in [2.75, 3.05) is 27.7 Å². The molecule has 0 unspecified atom stereocenters. The first-order valence-corrected chi connectivity index (χ1v) is 16.6. The summed E-state index contributed by atoms with van der Waals surface area (Å²) in [6.45, 7) is 14.7. The van der Waals surface area contributed by atoms with E-state index in [9.17, 15) is 35.1 Å². The molecule has 2 aliphatic rings. The van der Waals surface area contributed by atoms with Crippen LogP contribution in [0.5, 0.6) is 0 Å². The molecule has 13 nitrogen and oxygen atoms in total. The number of hydrogen-bond donors (Lipinski definition) is 5. The number of aliphatic hydroxyl groups is 5. The van der Waals surface area contributed by atoms with Crippen molar-refractivity contribution in [1.82, 2.24) is 9.80 Å². The van der Waals surface area contributed by atoms with E-state index in [0.717, 1.165) is 0 Å². The zero-order valence-electron chi connectivity index (χ0n) is 29.9. The summed E-state index contributed by atoms with van der Waals surface area (Å²) in [6, 6.07) is -0.971. The van der Waals surface area contributed by atoms with Crippen molar-refractivity contribution in [3.8, 4) is 0 Å². The van der Waals surface area contributed by atoms with Crippen molar-refractivity contribution in [2.24, 2.45) is 17.8 Å². The van der Waals surface area contributed by atoms with Crippen LogP contribution in [-0.4, -0.2) is 147 Å². The van der Waals surface area contributed by atoms with E-state index in [2.05, 4.69) is 0 Å². The van der Waals surface area contributed by atoms with Crippen LogP contribution in [0.15, 0.2) is 0 Å². The summed E-state index contributed by atoms with van der Waals surface area (Å²) in [6.07, 6.45) is -8.07. The summed E-state index contributed by atoms with van der Waals surface area (Å²) in [5.74, 6) is -3.73. The minimum Gasteiger partial charge on any atom is -0.459 e. The molecule has 2 heterocycles. The Bertz CT molecular complexity index is 993. The van der Waals surface area contributed by atoms with E-state index >= 15 is 0 Å². The Balaban J connectivity index is 2.61. The molecule has 0 aromatic rings. The molecule has 46 heavy (non-hydrogen) atoms. The highest BCUT2D eigenvalue weighted by Crippen LogP contribution is 2.36. The standard InChI is InChI=1S/C33H62N2O11/c1-13-24-33(9,42)27(38)21(7)35(12)16-22(36)15-32(8,41)28(19(5)25(37)20(6)30(40)44-24)46-31-26(45-29(39)17(2)3)23(34(10)11)14-18(4)43-31/h17-28,31,36-38,41-42H,13-16H2,1-12H3/t18-,19+,20-,21-,22-,23+,24-,25+,26-,27-,28-,31+,32-,33-/m1/s1. The van der Waals surface area contributed by atoms with Crippen molar-refractivity contribution >= 4 is 11.9 Å². The molecule has 2 rings (SSSR count). The van der Waals surface area contributed by atoms with Crippen LogP contribution in [0.3, 0.4) is 0 Å². The molecule has 0 aromatic heterocycles. The second-order valence-corrected chi connectivity index (χ2v) is 14.7. The number of ether oxygens (including phenoxy) is 4. The van der Waals surface area contributed by atoms with Gasteiger partial charge in [-0.05, 0) is 68.6 Å². The summed E-state index contributed by atoms with van der Waals surface area (Å²) < 4.78 is 24.4. The summed E-state index contributed by atoms with van der Waals surface area (Å²) in [4.78, 5) is 29.8. The zero-order valence-corrected chi connectivity index (χ0v) is 29.9. The highest BCUT2D eigenvalue weighted by Gasteiger charge is 2.51. The molecule has 0 bridgehead atoms. The molecule has 0 aromatic carbocycles. The van der Waals surface area contributed by atoms with Crippen LogP contribution in [0.4, 0.5) is 0 Å². The normalized spacial score (nSPS) is 44.4. The quantitative estimate of drug-likeness (QED) is 0.254. The van der Waals surface area contributed by atoms with Crippen molar-refractivity contribution in [3.63, 3.8) is 0 Å². The molecule has 14 atom stereocenters. The maximum absolute atomic E-state index is 13.4. The van der Waals surface area contributed by atoms with Gasteiger partial charge in [0.2, 0.25) is 0 Å². The Hall–Kier alpha value is -1.42. The van der Waals surface area contributed by atoms with E-state index in [1.54, 1.807) is 46.6 Å². The van der Waals surface area contributed by atoms with Gasteiger partial charge in [0.25, 0.3) is 0 Å². The smallest absolute Gasteiger partial charge is 0.311 e. The van der Waals surface area contributed by atoms with E-state index in [-0.39, 0.29) is 31.5 Å². The average molecular weight is 663 g/mol. The fourth-order valence-corrected chi connectivity index (χ4v) is 6.73. The van der Waals surface area contributed by atoms with Crippen LogP contribution >= 0.6 is 0 Å². The molecule has 270 valence electrons. The Morgan fingerprint density at radius 1 is 1.11 bits per heavy atom. The second-order valence-electron chi connectivity index (χ2n) is 14.7. The Kier molecular flexibility index (Phi) is 14.5. The maximum Gasteiger partial charge on any atom is 0.311 e. The van der Waals surface area contributed by atoms with Crippen LogP contribution in [-0.2, 0) is 28.5 Å². The van der Waals surface area contributed by atoms with Gasteiger partial charge in [0, 0.05) is 24.9 Å². The van der Waals surface area contributed by atoms with Gasteiger partial charge in [0.1, 0.15) is 17.8 Å². The molecular formula is C33H62N2O11. The van der Waals surface area contributed by atoms with E-state index < -0.39 is 89.9 Å². The third-order valence-electron chi connectivity index (χ3n) is 9.95. The number of aliphatic hydroxyl groups excluding tert-OH is 3. The highest BCUT2D eigenvalue weighted by molar-refractivity contribution is 5.73. The molecule has 0 radical (unpaired) electrons.